The van der Waals surface area contributed by atoms with Gasteiger partial charge in [0, 0.05) is 19.0 Å². The average molecular weight is 305 g/mol. The van der Waals surface area contributed by atoms with Gasteiger partial charge in [0.15, 0.2) is 0 Å². The van der Waals surface area contributed by atoms with Crippen LogP contribution in [0, 0.1) is 0 Å². The number of hydrogen-bond donors (Lipinski definition) is 1. The zero-order valence-corrected chi connectivity index (χ0v) is 11.1. The quantitative estimate of drug-likeness (QED) is 0.861. The molecular weight excluding hydrogens is 291 g/mol. The van der Waals surface area contributed by atoms with Crippen molar-refractivity contribution in [1.82, 2.24) is 5.32 Å². The van der Waals surface area contributed by atoms with Crippen molar-refractivity contribution in [3.63, 3.8) is 0 Å². The van der Waals surface area contributed by atoms with E-state index >= 15 is 0 Å². The lowest BCUT2D eigenvalue weighted by atomic mass is 10.2. The van der Waals surface area contributed by atoms with Crippen molar-refractivity contribution in [3.05, 3.63) is 24.3 Å². The van der Waals surface area contributed by atoms with Crippen molar-refractivity contribution in [1.29, 1.82) is 0 Å². The molecule has 0 spiro atoms. The lowest BCUT2D eigenvalue weighted by Crippen LogP contribution is -2.31. The molecule has 116 valence electrons. The highest BCUT2D eigenvalue weighted by Crippen LogP contribution is 2.27. The monoisotopic (exact) mass is 305 g/mol. The third-order valence-corrected chi connectivity index (χ3v) is 2.92. The number of esters is 1. The summed E-state index contributed by atoms with van der Waals surface area (Å²) in [5.74, 6) is -0.500. The Bertz CT molecular complexity index is 506. The van der Waals surface area contributed by atoms with Crippen molar-refractivity contribution >= 4 is 5.97 Å². The van der Waals surface area contributed by atoms with Crippen molar-refractivity contribution < 1.29 is 32.2 Å². The third-order valence-electron chi connectivity index (χ3n) is 2.92. The predicted molar refractivity (Wildman–Crippen MR) is 66.0 cm³/mol. The lowest BCUT2D eigenvalue weighted by Gasteiger charge is -2.14. The Kier molecular flexibility index (Phi) is 4.56. The molecule has 1 aromatic carbocycles. The normalized spacial score (nSPS) is 21.9. The molecule has 1 N–H and O–H groups in total. The Labute approximate surface area is 119 Å². The Morgan fingerprint density at radius 3 is 2.71 bits per heavy atom. The Hall–Kier alpha value is -1.96. The first-order valence-electron chi connectivity index (χ1n) is 6.21. The van der Waals surface area contributed by atoms with Crippen LogP contribution in [0.4, 0.5) is 13.2 Å². The Morgan fingerprint density at radius 1 is 1.33 bits per heavy atom. The minimum absolute atomic E-state index is 0.245. The highest BCUT2D eigenvalue weighted by atomic mass is 19.4. The maximum absolute atomic E-state index is 12.1. The number of benzene rings is 1. The van der Waals surface area contributed by atoms with E-state index in [9.17, 15) is 18.0 Å². The van der Waals surface area contributed by atoms with Crippen LogP contribution in [0.1, 0.15) is 6.42 Å². The molecule has 0 aromatic heterocycles. The van der Waals surface area contributed by atoms with Gasteiger partial charge in [-0.1, -0.05) is 6.07 Å². The van der Waals surface area contributed by atoms with Crippen LogP contribution in [0.25, 0.3) is 0 Å². The molecule has 2 atom stereocenters. The van der Waals surface area contributed by atoms with Crippen LogP contribution >= 0.6 is 0 Å². The maximum atomic E-state index is 12.1. The minimum atomic E-state index is -4.75. The van der Waals surface area contributed by atoms with Crippen molar-refractivity contribution in [2.24, 2.45) is 0 Å². The summed E-state index contributed by atoms with van der Waals surface area (Å²) in [6.07, 6.45) is -4.68. The average Bonchev–Trinajstić information content (AvgIpc) is 2.84. The van der Waals surface area contributed by atoms with Crippen LogP contribution in [0.5, 0.6) is 11.5 Å². The molecule has 8 heteroatoms. The van der Waals surface area contributed by atoms with Gasteiger partial charge in [-0.15, -0.1) is 13.2 Å². The molecule has 0 radical (unpaired) electrons. The van der Waals surface area contributed by atoms with Gasteiger partial charge in [-0.05, 0) is 12.1 Å². The molecular formula is C13H14F3NO4. The van der Waals surface area contributed by atoms with Crippen LogP contribution in [0.3, 0.4) is 0 Å². The van der Waals surface area contributed by atoms with Gasteiger partial charge in [-0.25, -0.2) is 0 Å². The van der Waals surface area contributed by atoms with Gasteiger partial charge < -0.3 is 19.5 Å². The third kappa shape index (κ3) is 4.52. The fourth-order valence-corrected chi connectivity index (χ4v) is 2.05. The van der Waals surface area contributed by atoms with E-state index in [1.54, 1.807) is 0 Å². The number of carbonyl (C=O) groups is 1. The summed E-state index contributed by atoms with van der Waals surface area (Å²) in [6.45, 7) is 0.407. The topological polar surface area (TPSA) is 56.8 Å². The molecule has 1 heterocycles. The van der Waals surface area contributed by atoms with E-state index in [1.807, 2.05) is 0 Å². The molecule has 1 aromatic rings. The summed E-state index contributed by atoms with van der Waals surface area (Å²) in [5.41, 5.74) is 0. The zero-order valence-electron chi connectivity index (χ0n) is 11.1. The second kappa shape index (κ2) is 6.21. The molecule has 0 aliphatic carbocycles. The summed E-state index contributed by atoms with van der Waals surface area (Å²) in [6, 6.07) is 4.80. The molecule has 1 aliphatic rings. The van der Waals surface area contributed by atoms with E-state index < -0.39 is 18.4 Å². The summed E-state index contributed by atoms with van der Waals surface area (Å²) in [7, 11) is 1.29. The highest BCUT2D eigenvalue weighted by Gasteiger charge is 2.32. The van der Waals surface area contributed by atoms with Crippen LogP contribution in [0.15, 0.2) is 24.3 Å². The Balaban J connectivity index is 1.95. The van der Waals surface area contributed by atoms with Crippen LogP contribution in [-0.4, -0.2) is 38.1 Å². The van der Waals surface area contributed by atoms with Crippen LogP contribution in [-0.2, 0) is 9.53 Å². The zero-order chi connectivity index (χ0) is 15.5. The molecule has 0 amide bonds. The molecule has 1 saturated heterocycles. The van der Waals surface area contributed by atoms with E-state index in [2.05, 4.69) is 14.8 Å². The summed E-state index contributed by atoms with van der Waals surface area (Å²) in [5, 5.41) is 2.92. The first-order valence-corrected chi connectivity index (χ1v) is 6.21. The number of rotatable bonds is 4. The fraction of sp³-hybridized carbons (Fsp3) is 0.462. The molecule has 1 aliphatic heterocycles. The molecule has 0 bridgehead atoms. The molecule has 1 fully saturated rings. The van der Waals surface area contributed by atoms with E-state index in [0.29, 0.717) is 13.0 Å². The van der Waals surface area contributed by atoms with Crippen LogP contribution < -0.4 is 14.8 Å². The summed E-state index contributed by atoms with van der Waals surface area (Å²) < 4.78 is 50.4. The molecule has 5 nitrogen and oxygen atoms in total. The predicted octanol–water partition coefficient (Wildman–Crippen LogP) is 1.87. The second-order valence-corrected chi connectivity index (χ2v) is 4.48. The van der Waals surface area contributed by atoms with Crippen LogP contribution in [0.2, 0.25) is 0 Å². The number of hydrogen-bond acceptors (Lipinski definition) is 5. The van der Waals surface area contributed by atoms with Gasteiger partial charge in [0.25, 0.3) is 0 Å². The summed E-state index contributed by atoms with van der Waals surface area (Å²) in [4.78, 5) is 11.3. The van der Waals surface area contributed by atoms with Gasteiger partial charge in [0.05, 0.1) is 7.11 Å². The first kappa shape index (κ1) is 15.4. The standard InChI is InChI=1S/C13H14F3NO4/c1-19-12(18)11-6-10(7-17-11)20-8-3-2-4-9(5-8)21-13(14,15)16/h2-5,10-11,17H,6-7H2,1H3/t10-,11-/m0/s1. The van der Waals surface area contributed by atoms with Gasteiger partial charge in [-0.2, -0.15) is 0 Å². The van der Waals surface area contributed by atoms with E-state index in [-0.39, 0.29) is 17.6 Å². The van der Waals surface area contributed by atoms with Crippen molar-refractivity contribution in [2.75, 3.05) is 13.7 Å². The maximum Gasteiger partial charge on any atom is 0.573 e. The smallest absolute Gasteiger partial charge is 0.489 e. The molecule has 21 heavy (non-hydrogen) atoms. The number of carbonyl (C=O) groups excluding carboxylic acids is 1. The molecule has 2 rings (SSSR count). The number of methoxy groups -OCH3 is 1. The lowest BCUT2D eigenvalue weighted by molar-refractivity contribution is -0.274. The molecule has 0 unspecified atom stereocenters. The number of nitrogens with one attached hydrogen (secondary N) is 1. The van der Waals surface area contributed by atoms with E-state index in [4.69, 9.17) is 4.74 Å². The van der Waals surface area contributed by atoms with E-state index in [0.717, 1.165) is 6.07 Å². The van der Waals surface area contributed by atoms with Crippen molar-refractivity contribution in [3.8, 4) is 11.5 Å². The fourth-order valence-electron chi connectivity index (χ4n) is 2.05. The minimum Gasteiger partial charge on any atom is -0.489 e. The largest absolute Gasteiger partial charge is 0.573 e. The molecule has 0 saturated carbocycles. The van der Waals surface area contributed by atoms with Gasteiger partial charge in [0.1, 0.15) is 23.6 Å². The first-order chi connectivity index (χ1) is 9.87. The van der Waals surface area contributed by atoms with Crippen molar-refractivity contribution in [2.45, 2.75) is 24.9 Å². The second-order valence-electron chi connectivity index (χ2n) is 4.48. The SMILES string of the molecule is COC(=O)[C@@H]1C[C@H](Oc2cccc(OC(F)(F)F)c2)CN1. The summed E-state index contributed by atoms with van der Waals surface area (Å²) >= 11 is 0. The van der Waals surface area contributed by atoms with E-state index in [1.165, 1.54) is 25.3 Å². The van der Waals surface area contributed by atoms with Gasteiger partial charge in [0.2, 0.25) is 0 Å². The highest BCUT2D eigenvalue weighted by molar-refractivity contribution is 5.76. The van der Waals surface area contributed by atoms with Gasteiger partial charge in [-0.3, -0.25) is 4.79 Å². The number of halogens is 3. The number of alkyl halides is 3. The Morgan fingerprint density at radius 2 is 2.05 bits per heavy atom. The van der Waals surface area contributed by atoms with Gasteiger partial charge >= 0.3 is 12.3 Å². The number of ether oxygens (including phenoxy) is 3.